The van der Waals surface area contributed by atoms with Crippen molar-refractivity contribution >= 4 is 10.0 Å². The van der Waals surface area contributed by atoms with Crippen LogP contribution in [0.5, 0.6) is 5.75 Å². The van der Waals surface area contributed by atoms with E-state index in [9.17, 15) is 17.2 Å². The Morgan fingerprint density at radius 1 is 1.12 bits per heavy atom. The van der Waals surface area contributed by atoms with Crippen LogP contribution in [0.2, 0.25) is 0 Å². The van der Waals surface area contributed by atoms with E-state index < -0.39 is 32.6 Å². The van der Waals surface area contributed by atoms with Gasteiger partial charge in [0.15, 0.2) is 4.90 Å². The van der Waals surface area contributed by atoms with E-state index in [4.69, 9.17) is 4.74 Å². The first-order valence-corrected chi connectivity index (χ1v) is 9.57. The molecule has 1 aliphatic rings. The summed E-state index contributed by atoms with van der Waals surface area (Å²) >= 11 is 0. The molecule has 0 N–H and O–H groups in total. The van der Waals surface area contributed by atoms with Crippen LogP contribution in [0.1, 0.15) is 31.4 Å². The normalized spacial score (nSPS) is 18.4. The minimum absolute atomic E-state index is 0.230. The molecule has 0 amide bonds. The minimum Gasteiger partial charge on any atom is -0.494 e. The zero-order valence-corrected chi connectivity index (χ0v) is 14.6. The van der Waals surface area contributed by atoms with Crippen LogP contribution in [-0.2, 0) is 10.0 Å². The summed E-state index contributed by atoms with van der Waals surface area (Å²) in [5.74, 6) is -1.45. The largest absolute Gasteiger partial charge is 0.494 e. The summed E-state index contributed by atoms with van der Waals surface area (Å²) in [7, 11) is -4.27. The van der Waals surface area contributed by atoms with Crippen molar-refractivity contribution in [3.8, 4) is 5.75 Å². The highest BCUT2D eigenvalue weighted by molar-refractivity contribution is 7.89. The molecule has 25 heavy (non-hydrogen) atoms. The second kappa shape index (κ2) is 7.09. The standard InChI is InChI=1S/C18H19F2NO3S/c1-2-24-14-10-8-13(9-11-14)17-7-4-12-21(17)25(22,23)18-15(19)5-3-6-16(18)20/h3,5-6,8-11,17H,2,4,7,12H2,1H3. The maximum Gasteiger partial charge on any atom is 0.249 e. The lowest BCUT2D eigenvalue weighted by atomic mass is 10.1. The Labute approximate surface area is 146 Å². The SMILES string of the molecule is CCOc1ccc(C2CCCN2S(=O)(=O)c2c(F)cccc2F)cc1. The molecule has 1 fully saturated rings. The first-order valence-electron chi connectivity index (χ1n) is 8.13. The molecule has 1 atom stereocenters. The third-order valence-corrected chi connectivity index (χ3v) is 6.23. The smallest absolute Gasteiger partial charge is 0.249 e. The summed E-state index contributed by atoms with van der Waals surface area (Å²) in [6.45, 7) is 2.64. The number of ether oxygens (including phenoxy) is 1. The Bertz CT molecular complexity index is 833. The average molecular weight is 367 g/mol. The number of hydrogen-bond acceptors (Lipinski definition) is 3. The van der Waals surface area contributed by atoms with Gasteiger partial charge in [-0.3, -0.25) is 0 Å². The third-order valence-electron chi connectivity index (χ3n) is 4.27. The molecular weight excluding hydrogens is 348 g/mol. The van der Waals surface area contributed by atoms with E-state index in [1.807, 2.05) is 6.92 Å². The first kappa shape index (κ1) is 17.8. The topological polar surface area (TPSA) is 46.6 Å². The van der Waals surface area contributed by atoms with E-state index in [2.05, 4.69) is 0 Å². The van der Waals surface area contributed by atoms with Gasteiger partial charge in [0.05, 0.1) is 12.6 Å². The Morgan fingerprint density at radius 3 is 2.36 bits per heavy atom. The monoisotopic (exact) mass is 367 g/mol. The van der Waals surface area contributed by atoms with Crippen molar-refractivity contribution < 1.29 is 21.9 Å². The van der Waals surface area contributed by atoms with Gasteiger partial charge >= 0.3 is 0 Å². The van der Waals surface area contributed by atoms with Gasteiger partial charge in [0, 0.05) is 6.54 Å². The molecule has 134 valence electrons. The number of benzene rings is 2. The summed E-state index contributed by atoms with van der Waals surface area (Å²) in [4.78, 5) is -0.882. The number of rotatable bonds is 5. The van der Waals surface area contributed by atoms with Crippen LogP contribution in [0, 0.1) is 11.6 Å². The molecule has 0 aliphatic carbocycles. The summed E-state index contributed by atoms with van der Waals surface area (Å²) in [5.41, 5.74) is 0.779. The molecule has 1 unspecified atom stereocenters. The van der Waals surface area contributed by atoms with Crippen LogP contribution in [-0.4, -0.2) is 25.9 Å². The van der Waals surface area contributed by atoms with E-state index in [1.54, 1.807) is 24.3 Å². The van der Waals surface area contributed by atoms with Crippen molar-refractivity contribution in [1.29, 1.82) is 0 Å². The molecule has 0 saturated carbocycles. The fraction of sp³-hybridized carbons (Fsp3) is 0.333. The van der Waals surface area contributed by atoms with Crippen molar-refractivity contribution in [1.82, 2.24) is 4.31 Å². The van der Waals surface area contributed by atoms with Gasteiger partial charge in [0.25, 0.3) is 0 Å². The van der Waals surface area contributed by atoms with Crippen LogP contribution in [0.4, 0.5) is 8.78 Å². The molecule has 3 rings (SSSR count). The van der Waals surface area contributed by atoms with E-state index in [0.717, 1.165) is 23.8 Å². The van der Waals surface area contributed by atoms with Crippen LogP contribution in [0.25, 0.3) is 0 Å². The second-order valence-electron chi connectivity index (χ2n) is 5.83. The molecule has 2 aromatic carbocycles. The summed E-state index contributed by atoms with van der Waals surface area (Å²) < 4.78 is 60.3. The van der Waals surface area contributed by atoms with Gasteiger partial charge in [-0.2, -0.15) is 4.31 Å². The fourth-order valence-electron chi connectivity index (χ4n) is 3.16. The number of hydrogen-bond donors (Lipinski definition) is 0. The molecular formula is C18H19F2NO3S. The highest BCUT2D eigenvalue weighted by atomic mass is 32.2. The van der Waals surface area contributed by atoms with Crippen LogP contribution in [0.3, 0.4) is 0 Å². The lowest BCUT2D eigenvalue weighted by molar-refractivity contribution is 0.339. The molecule has 0 aromatic heterocycles. The third kappa shape index (κ3) is 3.39. The van der Waals surface area contributed by atoms with Gasteiger partial charge in [-0.25, -0.2) is 17.2 Å². The van der Waals surface area contributed by atoms with Gasteiger partial charge in [-0.1, -0.05) is 18.2 Å². The number of nitrogens with zero attached hydrogens (tertiary/aromatic N) is 1. The maximum absolute atomic E-state index is 14.0. The predicted octanol–water partition coefficient (Wildman–Crippen LogP) is 3.89. The summed E-state index contributed by atoms with van der Waals surface area (Å²) in [6, 6.07) is 9.74. The van der Waals surface area contributed by atoms with Crippen molar-refractivity contribution in [2.24, 2.45) is 0 Å². The van der Waals surface area contributed by atoms with E-state index in [1.165, 1.54) is 4.31 Å². The van der Waals surface area contributed by atoms with Crippen molar-refractivity contribution in [2.75, 3.05) is 13.2 Å². The van der Waals surface area contributed by atoms with Gasteiger partial charge in [0.2, 0.25) is 10.0 Å². The number of halogens is 2. The van der Waals surface area contributed by atoms with Crippen molar-refractivity contribution in [3.63, 3.8) is 0 Å². The van der Waals surface area contributed by atoms with Gasteiger partial charge < -0.3 is 4.74 Å². The highest BCUT2D eigenvalue weighted by Crippen LogP contribution is 2.38. The molecule has 2 aromatic rings. The Kier molecular flexibility index (Phi) is 5.06. The maximum atomic E-state index is 14.0. The van der Waals surface area contributed by atoms with Crippen molar-refractivity contribution in [2.45, 2.75) is 30.7 Å². The van der Waals surface area contributed by atoms with E-state index >= 15 is 0 Å². The fourth-order valence-corrected chi connectivity index (χ4v) is 4.96. The van der Waals surface area contributed by atoms with Crippen molar-refractivity contribution in [3.05, 3.63) is 59.7 Å². The molecule has 0 radical (unpaired) electrons. The zero-order valence-electron chi connectivity index (χ0n) is 13.8. The van der Waals surface area contributed by atoms with Gasteiger partial charge in [-0.05, 0) is 49.6 Å². The molecule has 1 aliphatic heterocycles. The highest BCUT2D eigenvalue weighted by Gasteiger charge is 2.39. The Balaban J connectivity index is 1.95. The molecule has 7 heteroatoms. The van der Waals surface area contributed by atoms with E-state index in [-0.39, 0.29) is 6.54 Å². The van der Waals surface area contributed by atoms with Crippen LogP contribution >= 0.6 is 0 Å². The lowest BCUT2D eigenvalue weighted by Gasteiger charge is -2.25. The molecule has 0 spiro atoms. The van der Waals surface area contributed by atoms with Gasteiger partial charge in [0.1, 0.15) is 17.4 Å². The molecule has 1 saturated heterocycles. The Hall–Kier alpha value is -1.99. The van der Waals surface area contributed by atoms with Crippen LogP contribution < -0.4 is 4.74 Å². The predicted molar refractivity (Wildman–Crippen MR) is 89.8 cm³/mol. The summed E-state index contributed by atoms with van der Waals surface area (Å²) in [6.07, 6.45) is 1.23. The summed E-state index contributed by atoms with van der Waals surface area (Å²) in [5, 5.41) is 0. The quantitative estimate of drug-likeness (QED) is 0.805. The lowest BCUT2D eigenvalue weighted by Crippen LogP contribution is -2.32. The minimum atomic E-state index is -4.27. The van der Waals surface area contributed by atoms with E-state index in [0.29, 0.717) is 25.2 Å². The molecule has 4 nitrogen and oxygen atoms in total. The Morgan fingerprint density at radius 2 is 1.76 bits per heavy atom. The van der Waals surface area contributed by atoms with Gasteiger partial charge in [-0.15, -0.1) is 0 Å². The molecule has 0 bridgehead atoms. The second-order valence-corrected chi connectivity index (χ2v) is 7.65. The van der Waals surface area contributed by atoms with Crippen LogP contribution in [0.15, 0.2) is 47.4 Å². The zero-order chi connectivity index (χ0) is 18.0. The average Bonchev–Trinajstić information content (AvgIpc) is 3.06. The number of sulfonamides is 1. The molecule has 1 heterocycles. The first-order chi connectivity index (χ1) is 11.9.